The monoisotopic (exact) mass is 332 g/mol. The van der Waals surface area contributed by atoms with Crippen molar-refractivity contribution in [3.8, 4) is 11.5 Å². The number of carbonyl (C=O) groups excluding carboxylic acids is 1. The van der Waals surface area contributed by atoms with Crippen LogP contribution in [0.2, 0.25) is 0 Å². The van der Waals surface area contributed by atoms with E-state index in [4.69, 9.17) is 9.47 Å². The molecule has 3 aliphatic heterocycles. The number of methoxy groups -OCH3 is 1. The summed E-state index contributed by atoms with van der Waals surface area (Å²) in [5.41, 5.74) is 1.10. The van der Waals surface area contributed by atoms with E-state index >= 15 is 0 Å². The molecule has 4 rings (SSSR count). The van der Waals surface area contributed by atoms with Gasteiger partial charge in [0.2, 0.25) is 5.91 Å². The van der Waals surface area contributed by atoms with Crippen LogP contribution in [-0.2, 0) is 4.79 Å². The molecule has 24 heavy (non-hydrogen) atoms. The first kappa shape index (κ1) is 15.7. The number of rotatable bonds is 3. The standard InChI is InChI=1S/C18H24N2O4/c1-23-15-2-3-16-12(11-24-17(16)8-15)6-18(22)20-5-4-19-10-14(21)7-13(19)9-20/h2-3,8,12-14,21H,4-7,9-11H2,1H3/t12?,13-,14+/m0/s1. The van der Waals surface area contributed by atoms with Gasteiger partial charge < -0.3 is 19.5 Å². The molecular weight excluding hydrogens is 308 g/mol. The van der Waals surface area contributed by atoms with Gasteiger partial charge in [-0.1, -0.05) is 6.07 Å². The molecule has 2 fully saturated rings. The Kier molecular flexibility index (Phi) is 4.10. The minimum atomic E-state index is -0.241. The zero-order valence-electron chi connectivity index (χ0n) is 14.0. The van der Waals surface area contributed by atoms with Crippen LogP contribution in [0.3, 0.4) is 0 Å². The predicted octanol–water partition coefficient (Wildman–Crippen LogP) is 0.839. The Hall–Kier alpha value is -1.79. The lowest BCUT2D eigenvalue weighted by Gasteiger charge is -2.37. The van der Waals surface area contributed by atoms with Crippen molar-refractivity contribution < 1.29 is 19.4 Å². The first-order valence-electron chi connectivity index (χ1n) is 8.64. The molecule has 0 bridgehead atoms. The molecule has 3 heterocycles. The van der Waals surface area contributed by atoms with E-state index in [0.29, 0.717) is 19.1 Å². The summed E-state index contributed by atoms with van der Waals surface area (Å²) in [4.78, 5) is 17.0. The van der Waals surface area contributed by atoms with Crippen LogP contribution in [-0.4, -0.2) is 72.9 Å². The second kappa shape index (κ2) is 6.26. The van der Waals surface area contributed by atoms with Crippen molar-refractivity contribution in [2.45, 2.75) is 30.9 Å². The summed E-state index contributed by atoms with van der Waals surface area (Å²) in [7, 11) is 1.64. The minimum Gasteiger partial charge on any atom is -0.497 e. The summed E-state index contributed by atoms with van der Waals surface area (Å²) in [6.45, 7) is 3.65. The lowest BCUT2D eigenvalue weighted by molar-refractivity contribution is -0.134. The summed E-state index contributed by atoms with van der Waals surface area (Å²) in [5, 5.41) is 9.79. The van der Waals surface area contributed by atoms with Gasteiger partial charge in [0, 0.05) is 56.2 Å². The Morgan fingerprint density at radius 3 is 3.08 bits per heavy atom. The van der Waals surface area contributed by atoms with Crippen LogP contribution in [0.25, 0.3) is 0 Å². The number of ether oxygens (including phenoxy) is 2. The number of benzene rings is 1. The number of fused-ring (bicyclic) bond motifs is 2. The van der Waals surface area contributed by atoms with Crippen LogP contribution in [0.1, 0.15) is 24.3 Å². The van der Waals surface area contributed by atoms with Gasteiger partial charge in [-0.15, -0.1) is 0 Å². The van der Waals surface area contributed by atoms with Crippen molar-refractivity contribution >= 4 is 5.91 Å². The zero-order chi connectivity index (χ0) is 16.7. The summed E-state index contributed by atoms with van der Waals surface area (Å²) < 4.78 is 11.0. The fourth-order valence-corrected chi connectivity index (χ4v) is 4.14. The molecule has 0 aromatic heterocycles. The highest BCUT2D eigenvalue weighted by molar-refractivity contribution is 5.77. The smallest absolute Gasteiger partial charge is 0.223 e. The van der Waals surface area contributed by atoms with Crippen LogP contribution in [0.5, 0.6) is 11.5 Å². The molecule has 1 N–H and O–H groups in total. The summed E-state index contributed by atoms with van der Waals surface area (Å²) in [6.07, 6.45) is 1.02. The molecule has 1 aromatic rings. The Labute approximate surface area is 141 Å². The molecule has 0 radical (unpaired) electrons. The molecule has 3 atom stereocenters. The zero-order valence-corrected chi connectivity index (χ0v) is 14.0. The van der Waals surface area contributed by atoms with Gasteiger partial charge in [0.05, 0.1) is 19.8 Å². The average molecular weight is 332 g/mol. The van der Waals surface area contributed by atoms with Gasteiger partial charge in [0.1, 0.15) is 11.5 Å². The van der Waals surface area contributed by atoms with E-state index < -0.39 is 0 Å². The Morgan fingerprint density at radius 1 is 1.38 bits per heavy atom. The van der Waals surface area contributed by atoms with Gasteiger partial charge in [-0.3, -0.25) is 9.69 Å². The molecule has 6 heteroatoms. The lowest BCUT2D eigenvalue weighted by Crippen LogP contribution is -2.52. The summed E-state index contributed by atoms with van der Waals surface area (Å²) in [6, 6.07) is 6.13. The molecular formula is C18H24N2O4. The maximum atomic E-state index is 12.7. The lowest BCUT2D eigenvalue weighted by atomic mass is 9.96. The topological polar surface area (TPSA) is 62.2 Å². The first-order chi connectivity index (χ1) is 11.6. The number of nitrogens with zero attached hydrogens (tertiary/aromatic N) is 2. The van der Waals surface area contributed by atoms with Crippen LogP contribution in [0.4, 0.5) is 0 Å². The van der Waals surface area contributed by atoms with Crippen molar-refractivity contribution in [2.24, 2.45) is 0 Å². The summed E-state index contributed by atoms with van der Waals surface area (Å²) in [5.74, 6) is 1.91. The second-order valence-electron chi connectivity index (χ2n) is 6.99. The van der Waals surface area contributed by atoms with Crippen molar-refractivity contribution in [1.82, 2.24) is 9.80 Å². The van der Waals surface area contributed by atoms with Crippen molar-refractivity contribution in [1.29, 1.82) is 0 Å². The average Bonchev–Trinajstić information content (AvgIpc) is 3.15. The van der Waals surface area contributed by atoms with Crippen LogP contribution in [0.15, 0.2) is 18.2 Å². The van der Waals surface area contributed by atoms with Crippen molar-refractivity contribution in [3.05, 3.63) is 23.8 Å². The highest BCUT2D eigenvalue weighted by atomic mass is 16.5. The maximum absolute atomic E-state index is 12.7. The van der Waals surface area contributed by atoms with Gasteiger partial charge in [0.25, 0.3) is 0 Å². The number of hydrogen-bond donors (Lipinski definition) is 1. The van der Waals surface area contributed by atoms with Gasteiger partial charge >= 0.3 is 0 Å². The third kappa shape index (κ3) is 2.84. The van der Waals surface area contributed by atoms with Crippen LogP contribution in [0, 0.1) is 0 Å². The van der Waals surface area contributed by atoms with Gasteiger partial charge in [-0.25, -0.2) is 0 Å². The van der Waals surface area contributed by atoms with E-state index in [1.807, 2.05) is 23.1 Å². The number of aliphatic hydroxyl groups is 1. The fraction of sp³-hybridized carbons (Fsp3) is 0.611. The predicted molar refractivity (Wildman–Crippen MR) is 88.4 cm³/mol. The second-order valence-corrected chi connectivity index (χ2v) is 6.99. The SMILES string of the molecule is COc1ccc2c(c1)OCC2CC(=O)N1CCN2C[C@H](O)C[C@H]2C1. The largest absolute Gasteiger partial charge is 0.497 e. The van der Waals surface area contributed by atoms with Crippen molar-refractivity contribution in [3.63, 3.8) is 0 Å². The Morgan fingerprint density at radius 2 is 2.25 bits per heavy atom. The molecule has 1 unspecified atom stereocenters. The molecule has 2 saturated heterocycles. The Bertz CT molecular complexity index is 635. The Balaban J connectivity index is 1.39. The van der Waals surface area contributed by atoms with Crippen molar-refractivity contribution in [2.75, 3.05) is 39.9 Å². The highest BCUT2D eigenvalue weighted by Crippen LogP contribution is 2.38. The van der Waals surface area contributed by atoms with E-state index in [0.717, 1.165) is 49.7 Å². The number of piperazine rings is 1. The quantitative estimate of drug-likeness (QED) is 0.889. The normalized spacial score (nSPS) is 29.1. The molecule has 1 aromatic carbocycles. The van der Waals surface area contributed by atoms with E-state index in [1.165, 1.54) is 0 Å². The maximum Gasteiger partial charge on any atom is 0.223 e. The third-order valence-electron chi connectivity index (χ3n) is 5.47. The first-order valence-corrected chi connectivity index (χ1v) is 8.64. The molecule has 0 spiro atoms. The molecule has 0 saturated carbocycles. The number of carbonyl (C=O) groups is 1. The van der Waals surface area contributed by atoms with E-state index in [2.05, 4.69) is 4.90 Å². The van der Waals surface area contributed by atoms with Gasteiger partial charge in [-0.2, -0.15) is 0 Å². The van der Waals surface area contributed by atoms with E-state index in [-0.39, 0.29) is 17.9 Å². The number of hydrogen-bond acceptors (Lipinski definition) is 5. The van der Waals surface area contributed by atoms with Gasteiger partial charge in [0.15, 0.2) is 0 Å². The highest BCUT2D eigenvalue weighted by Gasteiger charge is 2.37. The van der Waals surface area contributed by atoms with Crippen LogP contribution < -0.4 is 9.47 Å². The summed E-state index contributed by atoms with van der Waals surface area (Å²) >= 11 is 0. The number of aliphatic hydroxyl groups excluding tert-OH is 1. The third-order valence-corrected chi connectivity index (χ3v) is 5.47. The van der Waals surface area contributed by atoms with E-state index in [1.54, 1.807) is 7.11 Å². The van der Waals surface area contributed by atoms with Crippen LogP contribution >= 0.6 is 0 Å². The van der Waals surface area contributed by atoms with Gasteiger partial charge in [-0.05, 0) is 12.5 Å². The fourth-order valence-electron chi connectivity index (χ4n) is 4.14. The molecule has 0 aliphatic carbocycles. The van der Waals surface area contributed by atoms with E-state index in [9.17, 15) is 9.90 Å². The molecule has 3 aliphatic rings. The molecule has 6 nitrogen and oxygen atoms in total. The minimum absolute atomic E-state index is 0.116. The number of amides is 1. The molecule has 130 valence electrons. The molecule has 1 amide bonds.